The molecule has 4 heteroatoms. The molecule has 0 radical (unpaired) electrons. The molecule has 0 rings (SSSR count). The molecule has 0 saturated heterocycles. The van der Waals surface area contributed by atoms with Gasteiger partial charge in [0.2, 0.25) is 5.91 Å². The van der Waals surface area contributed by atoms with Crippen LogP contribution in [0.25, 0.3) is 0 Å². The quantitative estimate of drug-likeness (QED) is 0.494. The van der Waals surface area contributed by atoms with E-state index >= 15 is 0 Å². The van der Waals surface area contributed by atoms with E-state index in [1.807, 2.05) is 6.92 Å². The van der Waals surface area contributed by atoms with E-state index in [-0.39, 0.29) is 25.1 Å². The average molecular weight is 160 g/mol. The van der Waals surface area contributed by atoms with E-state index in [2.05, 4.69) is 5.32 Å². The largest absolute Gasteiger partial charge is 0.396 e. The second-order valence-electron chi connectivity index (χ2n) is 2.54. The molecular weight excluding hydrogens is 144 g/mol. The van der Waals surface area contributed by atoms with Gasteiger partial charge in [-0.05, 0) is 19.8 Å². The number of nitrogens with one attached hydrogen (secondary N) is 1. The lowest BCUT2D eigenvalue weighted by Gasteiger charge is -2.11. The number of nitrogens with two attached hydrogens (primary N) is 1. The van der Waals surface area contributed by atoms with Crippen molar-refractivity contribution >= 4 is 5.91 Å². The van der Waals surface area contributed by atoms with Crippen LogP contribution in [0, 0.1) is 0 Å². The van der Waals surface area contributed by atoms with Gasteiger partial charge in [0.05, 0.1) is 6.54 Å². The molecule has 0 aliphatic heterocycles. The Hall–Kier alpha value is -0.610. The van der Waals surface area contributed by atoms with Crippen LogP contribution < -0.4 is 11.1 Å². The van der Waals surface area contributed by atoms with Gasteiger partial charge in [-0.3, -0.25) is 4.79 Å². The van der Waals surface area contributed by atoms with E-state index < -0.39 is 0 Å². The third-order valence-corrected chi connectivity index (χ3v) is 1.39. The molecular formula is C7H16N2O2. The minimum absolute atomic E-state index is 0.0312. The van der Waals surface area contributed by atoms with Crippen LogP contribution >= 0.6 is 0 Å². The van der Waals surface area contributed by atoms with Crippen LogP contribution in [0.5, 0.6) is 0 Å². The van der Waals surface area contributed by atoms with E-state index in [0.29, 0.717) is 6.42 Å². The number of aliphatic hydroxyl groups excluding tert-OH is 1. The lowest BCUT2D eigenvalue weighted by molar-refractivity contribution is -0.120. The molecule has 0 aromatic heterocycles. The summed E-state index contributed by atoms with van der Waals surface area (Å²) in [4.78, 5) is 10.7. The number of hydrogen-bond donors (Lipinski definition) is 3. The van der Waals surface area contributed by atoms with Crippen molar-refractivity contribution in [2.24, 2.45) is 5.73 Å². The topological polar surface area (TPSA) is 75.3 Å². The maximum atomic E-state index is 10.7. The molecule has 0 aromatic rings. The van der Waals surface area contributed by atoms with Crippen molar-refractivity contribution in [1.29, 1.82) is 0 Å². The van der Waals surface area contributed by atoms with Crippen LogP contribution in [0.2, 0.25) is 0 Å². The smallest absolute Gasteiger partial charge is 0.233 e. The zero-order chi connectivity index (χ0) is 8.69. The molecule has 0 heterocycles. The lowest BCUT2D eigenvalue weighted by atomic mass is 10.2. The van der Waals surface area contributed by atoms with Crippen molar-refractivity contribution < 1.29 is 9.90 Å². The van der Waals surface area contributed by atoms with Crippen molar-refractivity contribution in [3.05, 3.63) is 0 Å². The summed E-state index contributed by atoms with van der Waals surface area (Å²) >= 11 is 0. The van der Waals surface area contributed by atoms with E-state index in [0.717, 1.165) is 6.42 Å². The Morgan fingerprint density at radius 2 is 2.36 bits per heavy atom. The van der Waals surface area contributed by atoms with Crippen LogP contribution in [0.4, 0.5) is 0 Å². The fourth-order valence-electron chi connectivity index (χ4n) is 0.803. The van der Waals surface area contributed by atoms with E-state index in [1.165, 1.54) is 0 Å². The number of carbonyl (C=O) groups excluding carboxylic acids is 1. The highest BCUT2D eigenvalue weighted by atomic mass is 16.2. The van der Waals surface area contributed by atoms with Gasteiger partial charge in [-0.25, -0.2) is 0 Å². The summed E-state index contributed by atoms with van der Waals surface area (Å²) in [6.45, 7) is 2.09. The molecule has 1 atom stereocenters. The first-order valence-electron chi connectivity index (χ1n) is 3.81. The van der Waals surface area contributed by atoms with Crippen LogP contribution in [0.3, 0.4) is 0 Å². The third-order valence-electron chi connectivity index (χ3n) is 1.39. The summed E-state index contributed by atoms with van der Waals surface area (Å²) < 4.78 is 0. The normalized spacial score (nSPS) is 12.6. The third kappa shape index (κ3) is 5.82. The van der Waals surface area contributed by atoms with Gasteiger partial charge >= 0.3 is 0 Å². The molecule has 0 aliphatic rings. The Morgan fingerprint density at radius 3 is 2.82 bits per heavy atom. The maximum absolute atomic E-state index is 10.7. The molecule has 0 bridgehead atoms. The zero-order valence-corrected chi connectivity index (χ0v) is 6.84. The first-order valence-corrected chi connectivity index (χ1v) is 3.81. The van der Waals surface area contributed by atoms with Crippen LogP contribution in [-0.4, -0.2) is 30.2 Å². The zero-order valence-electron chi connectivity index (χ0n) is 6.84. The van der Waals surface area contributed by atoms with Crippen molar-refractivity contribution in [3.63, 3.8) is 0 Å². The monoisotopic (exact) mass is 160 g/mol. The van der Waals surface area contributed by atoms with Crippen molar-refractivity contribution in [3.8, 4) is 0 Å². The second kappa shape index (κ2) is 6.12. The van der Waals surface area contributed by atoms with Gasteiger partial charge in [-0.1, -0.05) is 0 Å². The number of hydrogen-bond acceptors (Lipinski definition) is 3. The van der Waals surface area contributed by atoms with Crippen LogP contribution in [0.1, 0.15) is 19.8 Å². The summed E-state index contributed by atoms with van der Waals surface area (Å²) in [6.07, 6.45) is 1.51. The molecule has 1 unspecified atom stereocenters. The SMILES string of the molecule is CC(CCCO)NC(=O)CN. The minimum Gasteiger partial charge on any atom is -0.396 e. The summed E-state index contributed by atoms with van der Waals surface area (Å²) in [5, 5.41) is 11.2. The standard InChI is InChI=1S/C7H16N2O2/c1-6(3-2-4-10)9-7(11)5-8/h6,10H,2-5,8H2,1H3,(H,9,11). The van der Waals surface area contributed by atoms with Crippen molar-refractivity contribution in [2.45, 2.75) is 25.8 Å². The average Bonchev–Trinajstić information content (AvgIpc) is 2.00. The summed E-state index contributed by atoms with van der Waals surface area (Å²) in [7, 11) is 0. The van der Waals surface area contributed by atoms with Gasteiger partial charge in [0.1, 0.15) is 0 Å². The molecule has 0 fully saturated rings. The molecule has 0 aromatic carbocycles. The Morgan fingerprint density at radius 1 is 1.73 bits per heavy atom. The van der Waals surface area contributed by atoms with Crippen LogP contribution in [-0.2, 0) is 4.79 Å². The Kier molecular flexibility index (Phi) is 5.78. The lowest BCUT2D eigenvalue weighted by Crippen LogP contribution is -2.37. The highest BCUT2D eigenvalue weighted by Gasteiger charge is 2.03. The first kappa shape index (κ1) is 10.4. The highest BCUT2D eigenvalue weighted by Crippen LogP contribution is 1.93. The Balaban J connectivity index is 3.35. The van der Waals surface area contributed by atoms with Gasteiger partial charge < -0.3 is 16.2 Å². The second-order valence-corrected chi connectivity index (χ2v) is 2.54. The molecule has 66 valence electrons. The summed E-state index contributed by atoms with van der Waals surface area (Å²) in [5.41, 5.74) is 5.09. The summed E-state index contributed by atoms with van der Waals surface area (Å²) in [5.74, 6) is -0.143. The number of carbonyl (C=O) groups is 1. The highest BCUT2D eigenvalue weighted by molar-refractivity contribution is 5.77. The van der Waals surface area contributed by atoms with E-state index in [9.17, 15) is 4.79 Å². The molecule has 4 nitrogen and oxygen atoms in total. The number of amides is 1. The molecule has 1 amide bonds. The van der Waals surface area contributed by atoms with Gasteiger partial charge in [-0.2, -0.15) is 0 Å². The van der Waals surface area contributed by atoms with E-state index in [1.54, 1.807) is 0 Å². The summed E-state index contributed by atoms with van der Waals surface area (Å²) in [6, 6.07) is 0.109. The molecule has 0 aliphatic carbocycles. The van der Waals surface area contributed by atoms with E-state index in [4.69, 9.17) is 10.8 Å². The molecule has 4 N–H and O–H groups in total. The van der Waals surface area contributed by atoms with Gasteiger partial charge in [-0.15, -0.1) is 0 Å². The number of aliphatic hydroxyl groups is 1. The van der Waals surface area contributed by atoms with Crippen LogP contribution in [0.15, 0.2) is 0 Å². The predicted molar refractivity (Wildman–Crippen MR) is 43.0 cm³/mol. The van der Waals surface area contributed by atoms with Crippen molar-refractivity contribution in [1.82, 2.24) is 5.32 Å². The Bertz CT molecular complexity index is 117. The van der Waals surface area contributed by atoms with Gasteiger partial charge in [0.25, 0.3) is 0 Å². The first-order chi connectivity index (χ1) is 5.20. The Labute approximate surface area is 66.8 Å². The van der Waals surface area contributed by atoms with Crippen molar-refractivity contribution in [2.75, 3.05) is 13.2 Å². The van der Waals surface area contributed by atoms with Gasteiger partial charge in [0.15, 0.2) is 0 Å². The van der Waals surface area contributed by atoms with Gasteiger partial charge in [0, 0.05) is 12.6 Å². The maximum Gasteiger partial charge on any atom is 0.233 e. The predicted octanol–water partition coefficient (Wildman–Crippen LogP) is -0.778. The molecule has 0 saturated carbocycles. The fourth-order valence-corrected chi connectivity index (χ4v) is 0.803. The number of rotatable bonds is 5. The fraction of sp³-hybridized carbons (Fsp3) is 0.857. The molecule has 0 spiro atoms. The molecule has 11 heavy (non-hydrogen) atoms. The minimum atomic E-state index is -0.143.